The number of urea groups is 1. The van der Waals surface area contributed by atoms with Gasteiger partial charge in [0.1, 0.15) is 11.3 Å². The van der Waals surface area contributed by atoms with E-state index in [1.54, 1.807) is 12.1 Å². The normalized spacial score (nSPS) is 23.6. The van der Waals surface area contributed by atoms with Crippen LogP contribution in [0.4, 0.5) is 4.79 Å². The van der Waals surface area contributed by atoms with Crippen molar-refractivity contribution in [2.75, 3.05) is 32.4 Å². The number of benzene rings is 2. The summed E-state index contributed by atoms with van der Waals surface area (Å²) in [6, 6.07) is 15.9. The Morgan fingerprint density at radius 1 is 1.02 bits per heavy atom. The van der Waals surface area contributed by atoms with Crippen molar-refractivity contribution in [3.05, 3.63) is 65.7 Å². The maximum Gasteiger partial charge on any atom is 0.325 e. The fourth-order valence-corrected chi connectivity index (χ4v) is 7.02. The summed E-state index contributed by atoms with van der Waals surface area (Å²) in [6.45, 7) is 4.65. The average Bonchev–Trinajstić information content (AvgIpc) is 3.49. The van der Waals surface area contributed by atoms with Crippen molar-refractivity contribution in [2.24, 2.45) is 5.92 Å². The molecule has 9 nitrogen and oxygen atoms in total. The number of nitrogens with one attached hydrogen (secondary N) is 2. The minimum absolute atomic E-state index is 0. The van der Waals surface area contributed by atoms with Crippen LogP contribution in [0.15, 0.2) is 59.5 Å². The van der Waals surface area contributed by atoms with Crippen LogP contribution in [0.1, 0.15) is 43.2 Å². The Morgan fingerprint density at radius 3 is 2.27 bits per heavy atom. The molecule has 3 heterocycles. The number of ketones is 1. The van der Waals surface area contributed by atoms with Crippen molar-refractivity contribution in [1.29, 1.82) is 0 Å². The molecule has 3 fully saturated rings. The quantitative estimate of drug-likeness (QED) is 0.456. The molecule has 3 atom stereocenters. The number of rotatable bonds is 8. The first-order valence-corrected chi connectivity index (χ1v) is 15.5. The summed E-state index contributed by atoms with van der Waals surface area (Å²) < 4.78 is 23.5. The van der Waals surface area contributed by atoms with Crippen LogP contribution in [-0.4, -0.2) is 80.0 Å². The third kappa shape index (κ3) is 5.81. The van der Waals surface area contributed by atoms with Crippen molar-refractivity contribution in [3.63, 3.8) is 0 Å². The standard InChI is InChI=1S/C29H36N4O5S.ClH/c1-3-25(34)26(24-18-30-17-23(24)21-7-5-4-6-8-21)32-15-13-29(14-16-32)27(35)33(28(36)31-29)19-20-9-11-22(12-10-20)39(2,37)38;/h4-12,23-24,26,30H,3,13-19H2,1-2H3,(H,31,36);1H/t23-,24-,26?;/m1./s1. The predicted molar refractivity (Wildman–Crippen MR) is 154 cm³/mol. The van der Waals surface area contributed by atoms with Crippen molar-refractivity contribution >= 4 is 40.0 Å². The van der Waals surface area contributed by atoms with Crippen molar-refractivity contribution in [3.8, 4) is 0 Å². The highest BCUT2D eigenvalue weighted by molar-refractivity contribution is 7.90. The maximum absolute atomic E-state index is 13.5. The summed E-state index contributed by atoms with van der Waals surface area (Å²) in [5.41, 5.74) is 0.926. The molecule has 11 heteroatoms. The van der Waals surface area contributed by atoms with Gasteiger partial charge in [0.15, 0.2) is 9.84 Å². The molecule has 216 valence electrons. The van der Waals surface area contributed by atoms with Gasteiger partial charge in [0.25, 0.3) is 5.91 Å². The summed E-state index contributed by atoms with van der Waals surface area (Å²) in [4.78, 5) is 43.3. The molecule has 1 spiro atoms. The molecule has 3 aliphatic heterocycles. The van der Waals surface area contributed by atoms with E-state index in [1.807, 2.05) is 25.1 Å². The van der Waals surface area contributed by atoms with Crippen molar-refractivity contribution in [2.45, 2.75) is 55.1 Å². The fourth-order valence-electron chi connectivity index (χ4n) is 6.39. The summed E-state index contributed by atoms with van der Waals surface area (Å²) in [5, 5.41) is 6.44. The highest BCUT2D eigenvalue weighted by Crippen LogP contribution is 2.37. The molecule has 2 aromatic carbocycles. The van der Waals surface area contributed by atoms with E-state index < -0.39 is 21.4 Å². The lowest BCUT2D eigenvalue weighted by atomic mass is 9.79. The third-order valence-electron chi connectivity index (χ3n) is 8.56. The van der Waals surface area contributed by atoms with Gasteiger partial charge < -0.3 is 10.6 Å². The molecule has 0 aromatic heterocycles. The van der Waals surface area contributed by atoms with Crippen LogP contribution in [0, 0.1) is 5.92 Å². The highest BCUT2D eigenvalue weighted by Gasteiger charge is 2.53. The third-order valence-corrected chi connectivity index (χ3v) is 9.68. The molecular weight excluding hydrogens is 552 g/mol. The summed E-state index contributed by atoms with van der Waals surface area (Å²) in [5.74, 6) is 0.318. The van der Waals surface area contributed by atoms with E-state index in [4.69, 9.17) is 0 Å². The molecule has 3 saturated heterocycles. The molecule has 0 saturated carbocycles. The van der Waals surface area contributed by atoms with Gasteiger partial charge in [-0.1, -0.05) is 49.4 Å². The number of carbonyl (C=O) groups excluding carboxylic acids is 3. The number of Topliss-reactive ketones (excluding diaryl/α,β-unsaturated/α-hetero) is 1. The number of amides is 3. The van der Waals surface area contributed by atoms with Gasteiger partial charge in [-0.05, 0) is 36.1 Å². The second kappa shape index (κ2) is 12.0. The molecule has 0 aliphatic carbocycles. The van der Waals surface area contributed by atoms with E-state index in [0.29, 0.717) is 37.9 Å². The van der Waals surface area contributed by atoms with Gasteiger partial charge in [-0.25, -0.2) is 13.2 Å². The van der Waals surface area contributed by atoms with Gasteiger partial charge in [0.05, 0.1) is 17.5 Å². The Kier molecular flexibility index (Phi) is 9.04. The predicted octanol–water partition coefficient (Wildman–Crippen LogP) is 2.75. The average molecular weight is 589 g/mol. The zero-order valence-corrected chi connectivity index (χ0v) is 24.5. The SMILES string of the molecule is CCC(=O)C([C@@H]1CNC[C@@H]1c1ccccc1)N1CCC2(CC1)NC(=O)N(Cc1ccc(S(C)(=O)=O)cc1)C2=O.Cl. The largest absolute Gasteiger partial charge is 0.325 e. The number of imide groups is 1. The minimum Gasteiger partial charge on any atom is -0.323 e. The van der Waals surface area contributed by atoms with E-state index >= 15 is 0 Å². The summed E-state index contributed by atoms with van der Waals surface area (Å²) in [7, 11) is -3.33. The molecule has 2 N–H and O–H groups in total. The van der Waals surface area contributed by atoms with E-state index in [1.165, 1.54) is 22.6 Å². The Hall–Kier alpha value is -2.79. The zero-order chi connectivity index (χ0) is 27.8. The number of hydrogen-bond donors (Lipinski definition) is 2. The Bertz CT molecular complexity index is 1340. The van der Waals surface area contributed by atoms with E-state index in [-0.39, 0.29) is 53.4 Å². The van der Waals surface area contributed by atoms with Gasteiger partial charge in [-0.2, -0.15) is 0 Å². The lowest BCUT2D eigenvalue weighted by Gasteiger charge is -2.43. The topological polar surface area (TPSA) is 116 Å². The maximum atomic E-state index is 13.5. The van der Waals surface area contributed by atoms with E-state index in [0.717, 1.165) is 19.3 Å². The zero-order valence-electron chi connectivity index (χ0n) is 22.8. The lowest BCUT2D eigenvalue weighted by molar-refractivity contribution is -0.134. The molecule has 0 radical (unpaired) electrons. The Morgan fingerprint density at radius 2 is 1.68 bits per heavy atom. The first-order valence-electron chi connectivity index (χ1n) is 13.6. The molecule has 5 rings (SSSR count). The molecule has 3 amide bonds. The Labute approximate surface area is 242 Å². The fraction of sp³-hybridized carbons (Fsp3) is 0.483. The number of likely N-dealkylation sites (tertiary alicyclic amines) is 1. The smallest absolute Gasteiger partial charge is 0.323 e. The molecule has 2 aromatic rings. The molecule has 0 bridgehead atoms. The molecule has 1 unspecified atom stereocenters. The number of halogens is 1. The van der Waals surface area contributed by atoms with Crippen LogP contribution in [0.2, 0.25) is 0 Å². The first kappa shape index (κ1) is 30.2. The first-order chi connectivity index (χ1) is 18.6. The molecule has 40 heavy (non-hydrogen) atoms. The van der Waals surface area contributed by atoms with Gasteiger partial charge in [0, 0.05) is 50.7 Å². The number of hydrogen-bond acceptors (Lipinski definition) is 7. The monoisotopic (exact) mass is 588 g/mol. The minimum atomic E-state index is -3.33. The lowest BCUT2D eigenvalue weighted by Crippen LogP contribution is -2.59. The Balaban J connectivity index is 0.00000370. The number of sulfone groups is 1. The van der Waals surface area contributed by atoms with Gasteiger partial charge >= 0.3 is 6.03 Å². The summed E-state index contributed by atoms with van der Waals surface area (Å²) >= 11 is 0. The second-order valence-corrected chi connectivity index (χ2v) is 13.0. The summed E-state index contributed by atoms with van der Waals surface area (Å²) in [6.07, 6.45) is 2.46. The van der Waals surface area contributed by atoms with Crippen LogP contribution in [0.5, 0.6) is 0 Å². The molecule has 3 aliphatic rings. The van der Waals surface area contributed by atoms with Crippen LogP contribution in [-0.2, 0) is 26.0 Å². The van der Waals surface area contributed by atoms with Crippen LogP contribution in [0.3, 0.4) is 0 Å². The van der Waals surface area contributed by atoms with E-state index in [2.05, 4.69) is 27.7 Å². The number of nitrogens with zero attached hydrogens (tertiary/aromatic N) is 2. The van der Waals surface area contributed by atoms with Crippen molar-refractivity contribution < 1.29 is 22.8 Å². The van der Waals surface area contributed by atoms with Crippen LogP contribution < -0.4 is 10.6 Å². The van der Waals surface area contributed by atoms with Gasteiger partial charge in [-0.3, -0.25) is 19.4 Å². The van der Waals surface area contributed by atoms with Crippen molar-refractivity contribution in [1.82, 2.24) is 20.4 Å². The van der Waals surface area contributed by atoms with Gasteiger partial charge in [-0.15, -0.1) is 12.4 Å². The van der Waals surface area contributed by atoms with E-state index in [9.17, 15) is 22.8 Å². The second-order valence-electron chi connectivity index (χ2n) is 11.0. The molecular formula is C29H37ClN4O5S. The number of piperidine rings is 1. The van der Waals surface area contributed by atoms with Crippen LogP contribution >= 0.6 is 12.4 Å². The van der Waals surface area contributed by atoms with Crippen LogP contribution in [0.25, 0.3) is 0 Å². The number of carbonyl (C=O) groups is 3. The highest BCUT2D eigenvalue weighted by atomic mass is 35.5. The van der Waals surface area contributed by atoms with Gasteiger partial charge in [0.2, 0.25) is 0 Å².